The van der Waals surface area contributed by atoms with E-state index in [0.717, 1.165) is 35.1 Å². The number of halogens is 1. The number of carbonyl (C=O) groups excluding carboxylic acids is 1. The van der Waals surface area contributed by atoms with Crippen LogP contribution in [0, 0.1) is 11.2 Å². The number of likely N-dealkylation sites (tertiary alicyclic amines) is 2. The topological polar surface area (TPSA) is 76.9 Å². The SMILES string of the molecule is CC.CC(C)(C)OC(=O)N1CCC(N2C(=N)C(c3ccc(F)cc3)C2c2cc(C(C)(C)C)c(O)c(C(C)(C)C)c2)CC1. The lowest BCUT2D eigenvalue weighted by Crippen LogP contribution is -2.60. The minimum atomic E-state index is -0.546. The maximum Gasteiger partial charge on any atom is 0.410 e. The van der Waals surface area contributed by atoms with Crippen molar-refractivity contribution >= 4 is 11.9 Å². The Morgan fingerprint density at radius 3 is 1.79 bits per heavy atom. The summed E-state index contributed by atoms with van der Waals surface area (Å²) in [6.45, 7) is 23.3. The van der Waals surface area contributed by atoms with Gasteiger partial charge in [-0.1, -0.05) is 67.5 Å². The van der Waals surface area contributed by atoms with Crippen LogP contribution in [0.5, 0.6) is 5.75 Å². The summed E-state index contributed by atoms with van der Waals surface area (Å²) >= 11 is 0. The van der Waals surface area contributed by atoms with E-state index < -0.39 is 5.60 Å². The zero-order valence-electron chi connectivity index (χ0n) is 27.6. The number of rotatable bonds is 3. The van der Waals surface area contributed by atoms with Crippen molar-refractivity contribution < 1.29 is 19.0 Å². The maximum atomic E-state index is 13.8. The second kappa shape index (κ2) is 12.3. The van der Waals surface area contributed by atoms with Gasteiger partial charge in [0.15, 0.2) is 0 Å². The quantitative estimate of drug-likeness (QED) is 0.380. The first-order valence-corrected chi connectivity index (χ1v) is 15.4. The van der Waals surface area contributed by atoms with E-state index >= 15 is 0 Å². The van der Waals surface area contributed by atoms with E-state index in [1.54, 1.807) is 17.0 Å². The van der Waals surface area contributed by atoms with Gasteiger partial charge in [-0.05, 0) is 91.0 Å². The molecule has 2 aromatic rings. The number of phenolic OH excluding ortho intramolecular Hbond substituents is 1. The number of nitrogens with zero attached hydrogens (tertiary/aromatic N) is 2. The molecule has 0 saturated carbocycles. The van der Waals surface area contributed by atoms with E-state index in [2.05, 4.69) is 58.6 Å². The Kier molecular flexibility index (Phi) is 9.75. The van der Waals surface area contributed by atoms with Crippen molar-refractivity contribution in [2.75, 3.05) is 13.1 Å². The Bertz CT molecular complexity index is 1230. The molecule has 7 heteroatoms. The van der Waals surface area contributed by atoms with Gasteiger partial charge in [0.25, 0.3) is 0 Å². The van der Waals surface area contributed by atoms with E-state index in [1.165, 1.54) is 12.1 Å². The molecule has 2 heterocycles. The van der Waals surface area contributed by atoms with Gasteiger partial charge >= 0.3 is 6.09 Å². The minimum absolute atomic E-state index is 0.0814. The maximum absolute atomic E-state index is 13.8. The molecule has 42 heavy (non-hydrogen) atoms. The molecule has 2 aromatic carbocycles. The molecule has 2 unspecified atom stereocenters. The Labute approximate surface area is 252 Å². The fraction of sp³-hybridized carbons (Fsp3) is 0.600. The van der Waals surface area contributed by atoms with E-state index in [-0.39, 0.29) is 40.7 Å². The number of amides is 1. The molecule has 2 atom stereocenters. The number of phenols is 1. The molecule has 0 spiro atoms. The Morgan fingerprint density at radius 2 is 1.36 bits per heavy atom. The molecule has 2 saturated heterocycles. The van der Waals surface area contributed by atoms with Crippen LogP contribution in [-0.4, -0.2) is 51.6 Å². The summed E-state index contributed by atoms with van der Waals surface area (Å²) in [4.78, 5) is 16.6. The molecule has 1 amide bonds. The molecule has 6 nitrogen and oxygen atoms in total. The molecule has 2 aliphatic heterocycles. The molecule has 0 radical (unpaired) electrons. The summed E-state index contributed by atoms with van der Waals surface area (Å²) in [6, 6.07) is 10.6. The summed E-state index contributed by atoms with van der Waals surface area (Å²) in [5, 5.41) is 20.5. The molecule has 0 bridgehead atoms. The average molecular weight is 582 g/mol. The molecular weight excluding hydrogens is 529 g/mol. The Hall–Kier alpha value is -3.09. The van der Waals surface area contributed by atoms with Gasteiger partial charge in [-0.2, -0.15) is 0 Å². The van der Waals surface area contributed by atoms with Gasteiger partial charge in [0, 0.05) is 19.1 Å². The predicted molar refractivity (Wildman–Crippen MR) is 169 cm³/mol. The van der Waals surface area contributed by atoms with Gasteiger partial charge in [0.05, 0.1) is 12.0 Å². The van der Waals surface area contributed by atoms with Crippen LogP contribution in [0.15, 0.2) is 36.4 Å². The van der Waals surface area contributed by atoms with Gasteiger partial charge in [0.2, 0.25) is 0 Å². The Morgan fingerprint density at radius 1 is 0.881 bits per heavy atom. The first-order chi connectivity index (χ1) is 19.4. The monoisotopic (exact) mass is 581 g/mol. The zero-order valence-corrected chi connectivity index (χ0v) is 27.6. The first kappa shape index (κ1) is 33.4. The van der Waals surface area contributed by atoms with E-state index in [9.17, 15) is 19.7 Å². The number of hydrogen-bond acceptors (Lipinski definition) is 4. The molecule has 0 aromatic heterocycles. The van der Waals surface area contributed by atoms with Crippen LogP contribution >= 0.6 is 0 Å². The van der Waals surface area contributed by atoms with E-state index in [1.807, 2.05) is 34.6 Å². The molecule has 0 aliphatic carbocycles. The van der Waals surface area contributed by atoms with Crippen molar-refractivity contribution in [3.05, 3.63) is 64.5 Å². The van der Waals surface area contributed by atoms with Gasteiger partial charge in [-0.25, -0.2) is 9.18 Å². The van der Waals surface area contributed by atoms with Gasteiger partial charge in [-0.15, -0.1) is 0 Å². The molecule has 2 N–H and O–H groups in total. The van der Waals surface area contributed by atoms with Crippen LogP contribution in [0.1, 0.15) is 123 Å². The summed E-state index contributed by atoms with van der Waals surface area (Å²) in [5.41, 5.74) is 2.60. The largest absolute Gasteiger partial charge is 0.507 e. The molecule has 2 fully saturated rings. The molecular formula is C35H52FN3O3. The number of carbonyl (C=O) groups is 1. The highest BCUT2D eigenvalue weighted by atomic mass is 19.1. The summed E-state index contributed by atoms with van der Waals surface area (Å²) < 4.78 is 19.4. The predicted octanol–water partition coefficient (Wildman–Crippen LogP) is 8.67. The summed E-state index contributed by atoms with van der Waals surface area (Å²) in [5.74, 6) is 0.311. The third kappa shape index (κ3) is 7.09. The second-order valence-corrected chi connectivity index (χ2v) is 14.4. The van der Waals surface area contributed by atoms with Crippen LogP contribution in [0.2, 0.25) is 0 Å². The van der Waals surface area contributed by atoms with Crippen LogP contribution in [0.4, 0.5) is 9.18 Å². The fourth-order valence-electron chi connectivity index (χ4n) is 5.95. The van der Waals surface area contributed by atoms with E-state index in [4.69, 9.17) is 4.74 Å². The summed E-state index contributed by atoms with van der Waals surface area (Å²) in [6.07, 6.45) is 1.16. The zero-order chi connectivity index (χ0) is 31.8. The number of nitrogens with one attached hydrogen (secondary N) is 1. The fourth-order valence-corrected chi connectivity index (χ4v) is 5.95. The number of piperidine rings is 1. The van der Waals surface area contributed by atoms with Crippen LogP contribution in [0.3, 0.4) is 0 Å². The van der Waals surface area contributed by atoms with E-state index in [0.29, 0.717) is 24.7 Å². The van der Waals surface area contributed by atoms with Crippen LogP contribution in [0.25, 0.3) is 0 Å². The van der Waals surface area contributed by atoms with Crippen molar-refractivity contribution in [2.45, 2.75) is 123 Å². The lowest BCUT2D eigenvalue weighted by molar-refractivity contribution is 0.0132. The first-order valence-electron chi connectivity index (χ1n) is 15.4. The number of aromatic hydroxyl groups is 1. The second-order valence-electron chi connectivity index (χ2n) is 14.4. The number of amidine groups is 1. The standard InChI is InChI=1S/C33H46FN3O3.C2H6/c1-31(2,3)24-18-21(19-25(28(24)38)32(4,5)6)27-26(20-10-12-22(34)13-11-20)29(35)37(27)23-14-16-36(17-15-23)30(39)40-33(7,8)9;1-2/h10-13,18-19,23,26-27,35,38H,14-17H2,1-9H3;1-2H3. The summed E-state index contributed by atoms with van der Waals surface area (Å²) in [7, 11) is 0. The normalized spacial score (nSPS) is 20.0. The smallest absolute Gasteiger partial charge is 0.410 e. The third-order valence-electron chi connectivity index (χ3n) is 8.02. The van der Waals surface area contributed by atoms with Crippen LogP contribution in [-0.2, 0) is 15.6 Å². The lowest BCUT2D eigenvalue weighted by atomic mass is 9.72. The number of ether oxygens (including phenoxy) is 1. The van der Waals surface area contributed by atoms with Gasteiger partial charge in [-0.3, -0.25) is 5.41 Å². The highest BCUT2D eigenvalue weighted by molar-refractivity contribution is 5.94. The van der Waals surface area contributed by atoms with Crippen LogP contribution < -0.4 is 0 Å². The number of benzene rings is 2. The molecule has 232 valence electrons. The van der Waals surface area contributed by atoms with Crippen molar-refractivity contribution in [1.29, 1.82) is 5.41 Å². The molecule has 2 aliphatic rings. The number of hydrogen-bond donors (Lipinski definition) is 2. The van der Waals surface area contributed by atoms with Crippen molar-refractivity contribution in [3.63, 3.8) is 0 Å². The minimum Gasteiger partial charge on any atom is -0.507 e. The average Bonchev–Trinajstić information content (AvgIpc) is 2.88. The highest BCUT2D eigenvalue weighted by Crippen LogP contribution is 2.52. The Balaban J connectivity index is 0.00000237. The van der Waals surface area contributed by atoms with Gasteiger partial charge in [0.1, 0.15) is 23.0 Å². The highest BCUT2D eigenvalue weighted by Gasteiger charge is 2.50. The van der Waals surface area contributed by atoms with Crippen molar-refractivity contribution in [3.8, 4) is 5.75 Å². The van der Waals surface area contributed by atoms with Gasteiger partial charge < -0.3 is 19.6 Å². The third-order valence-corrected chi connectivity index (χ3v) is 8.02. The molecule has 4 rings (SSSR count). The van der Waals surface area contributed by atoms with Crippen molar-refractivity contribution in [2.24, 2.45) is 0 Å². The lowest BCUT2D eigenvalue weighted by Gasteiger charge is -2.55. The van der Waals surface area contributed by atoms with Crippen molar-refractivity contribution in [1.82, 2.24) is 9.80 Å².